The minimum absolute atomic E-state index is 0.128. The predicted octanol–water partition coefficient (Wildman–Crippen LogP) is 4.13. The third-order valence-corrected chi connectivity index (χ3v) is 4.45. The number of aryl methyl sites for hydroxylation is 3. The summed E-state index contributed by atoms with van der Waals surface area (Å²) in [7, 11) is 0. The summed E-state index contributed by atoms with van der Waals surface area (Å²) in [5.41, 5.74) is 3.86. The van der Waals surface area contributed by atoms with Gasteiger partial charge in [0, 0.05) is 28.0 Å². The zero-order valence-corrected chi connectivity index (χ0v) is 16.2. The second-order valence-electron chi connectivity index (χ2n) is 6.52. The van der Waals surface area contributed by atoms with Crippen LogP contribution in [0, 0.1) is 20.8 Å². The van der Waals surface area contributed by atoms with Crippen molar-refractivity contribution in [2.45, 2.75) is 27.3 Å². The van der Waals surface area contributed by atoms with E-state index in [-0.39, 0.29) is 18.0 Å². The Morgan fingerprint density at radius 3 is 2.44 bits per heavy atom. The largest absolute Gasteiger partial charge is 0.324 e. The Balaban J connectivity index is 1.93. The van der Waals surface area contributed by atoms with E-state index in [0.717, 1.165) is 22.4 Å². The lowest BCUT2D eigenvalue weighted by molar-refractivity contribution is -0.116. The van der Waals surface area contributed by atoms with Gasteiger partial charge in [-0.25, -0.2) is 4.98 Å². The number of anilines is 1. The maximum Gasteiger partial charge on any atom is 0.254 e. The molecule has 138 valence electrons. The maximum atomic E-state index is 12.6. The minimum atomic E-state index is -0.287. The van der Waals surface area contributed by atoms with Crippen molar-refractivity contribution in [1.29, 1.82) is 0 Å². The van der Waals surface area contributed by atoms with E-state index in [1.165, 1.54) is 10.6 Å². The van der Waals surface area contributed by atoms with Gasteiger partial charge in [-0.15, -0.1) is 0 Å². The van der Waals surface area contributed by atoms with Crippen LogP contribution >= 0.6 is 11.6 Å². The van der Waals surface area contributed by atoms with Crippen molar-refractivity contribution in [2.24, 2.45) is 0 Å². The second kappa shape index (κ2) is 7.76. The molecule has 0 aliphatic heterocycles. The molecule has 1 amide bonds. The highest BCUT2D eigenvalue weighted by Crippen LogP contribution is 2.20. The standard InChI is InChI=1S/C21H20ClN3O2/c1-13-4-9-18(14(2)10-13)24-19(26)12-25-20(27)11-15(3)23-21(25)16-5-7-17(22)8-6-16/h4-11H,12H2,1-3H3,(H,24,26). The Morgan fingerprint density at radius 2 is 1.78 bits per heavy atom. The molecule has 5 nitrogen and oxygen atoms in total. The average Bonchev–Trinajstić information content (AvgIpc) is 2.60. The number of benzene rings is 2. The molecule has 27 heavy (non-hydrogen) atoms. The van der Waals surface area contributed by atoms with Crippen molar-refractivity contribution in [1.82, 2.24) is 9.55 Å². The second-order valence-corrected chi connectivity index (χ2v) is 6.96. The first-order valence-electron chi connectivity index (χ1n) is 8.55. The molecule has 6 heteroatoms. The van der Waals surface area contributed by atoms with Crippen LogP contribution in [0.2, 0.25) is 5.02 Å². The summed E-state index contributed by atoms with van der Waals surface area (Å²) in [5.74, 6) is 0.150. The maximum absolute atomic E-state index is 12.6. The van der Waals surface area contributed by atoms with Crippen LogP contribution in [0.3, 0.4) is 0 Å². The number of rotatable bonds is 4. The molecule has 0 spiro atoms. The van der Waals surface area contributed by atoms with E-state index < -0.39 is 0 Å². The summed E-state index contributed by atoms with van der Waals surface area (Å²) >= 11 is 5.95. The first-order chi connectivity index (χ1) is 12.8. The molecule has 1 N–H and O–H groups in total. The molecule has 0 aliphatic rings. The number of nitrogens with one attached hydrogen (secondary N) is 1. The molecule has 3 aromatic rings. The van der Waals surface area contributed by atoms with Crippen LogP contribution in [0.1, 0.15) is 16.8 Å². The summed E-state index contributed by atoms with van der Waals surface area (Å²) < 4.78 is 1.37. The summed E-state index contributed by atoms with van der Waals surface area (Å²) in [6.07, 6.45) is 0. The Morgan fingerprint density at radius 1 is 1.07 bits per heavy atom. The smallest absolute Gasteiger partial charge is 0.254 e. The van der Waals surface area contributed by atoms with Crippen LogP contribution in [0.4, 0.5) is 5.69 Å². The van der Waals surface area contributed by atoms with E-state index in [4.69, 9.17) is 11.6 Å². The molecule has 0 bridgehead atoms. The van der Waals surface area contributed by atoms with Gasteiger partial charge in [-0.05, 0) is 56.7 Å². The summed E-state index contributed by atoms with van der Waals surface area (Å²) in [5, 5.41) is 3.46. The zero-order chi connectivity index (χ0) is 19.6. The van der Waals surface area contributed by atoms with Crippen molar-refractivity contribution in [3.63, 3.8) is 0 Å². The van der Waals surface area contributed by atoms with Crippen LogP contribution in [0.15, 0.2) is 53.3 Å². The van der Waals surface area contributed by atoms with E-state index in [2.05, 4.69) is 10.3 Å². The van der Waals surface area contributed by atoms with Crippen molar-refractivity contribution < 1.29 is 4.79 Å². The highest BCUT2D eigenvalue weighted by molar-refractivity contribution is 6.30. The Kier molecular flexibility index (Phi) is 5.42. The molecule has 2 aromatic carbocycles. The third kappa shape index (κ3) is 4.44. The van der Waals surface area contributed by atoms with Gasteiger partial charge in [-0.3, -0.25) is 14.2 Å². The van der Waals surface area contributed by atoms with E-state index in [1.807, 2.05) is 32.0 Å². The van der Waals surface area contributed by atoms with Gasteiger partial charge in [-0.1, -0.05) is 29.3 Å². The van der Waals surface area contributed by atoms with Crippen LogP contribution in [-0.4, -0.2) is 15.5 Å². The van der Waals surface area contributed by atoms with Crippen LogP contribution in [0.25, 0.3) is 11.4 Å². The molecule has 0 fully saturated rings. The summed E-state index contributed by atoms with van der Waals surface area (Å²) in [4.78, 5) is 29.6. The van der Waals surface area contributed by atoms with E-state index in [1.54, 1.807) is 31.2 Å². The zero-order valence-electron chi connectivity index (χ0n) is 15.4. The Labute approximate surface area is 162 Å². The number of halogens is 1. The Bertz CT molecular complexity index is 1060. The Hall–Kier alpha value is -2.92. The highest BCUT2D eigenvalue weighted by atomic mass is 35.5. The fourth-order valence-electron chi connectivity index (χ4n) is 2.88. The van der Waals surface area contributed by atoms with Gasteiger partial charge in [0.1, 0.15) is 12.4 Å². The van der Waals surface area contributed by atoms with E-state index in [0.29, 0.717) is 16.5 Å². The van der Waals surface area contributed by atoms with Crippen LogP contribution < -0.4 is 10.9 Å². The number of amides is 1. The normalized spacial score (nSPS) is 10.7. The number of nitrogens with zero attached hydrogens (tertiary/aromatic N) is 2. The highest BCUT2D eigenvalue weighted by Gasteiger charge is 2.14. The van der Waals surface area contributed by atoms with Gasteiger partial charge in [-0.2, -0.15) is 0 Å². The first kappa shape index (κ1) is 18.9. The van der Waals surface area contributed by atoms with E-state index in [9.17, 15) is 9.59 Å². The lowest BCUT2D eigenvalue weighted by Crippen LogP contribution is -2.29. The van der Waals surface area contributed by atoms with Crippen molar-refractivity contribution in [3.05, 3.63) is 80.7 Å². The van der Waals surface area contributed by atoms with Gasteiger partial charge in [0.2, 0.25) is 5.91 Å². The number of carbonyl (C=O) groups excluding carboxylic acids is 1. The fraction of sp³-hybridized carbons (Fsp3) is 0.190. The summed E-state index contributed by atoms with van der Waals surface area (Å²) in [6.45, 7) is 5.55. The monoisotopic (exact) mass is 381 g/mol. The molecule has 0 aliphatic carbocycles. The van der Waals surface area contributed by atoms with Crippen molar-refractivity contribution >= 4 is 23.2 Å². The molecule has 0 saturated carbocycles. The minimum Gasteiger partial charge on any atom is -0.324 e. The molecular formula is C21H20ClN3O2. The third-order valence-electron chi connectivity index (χ3n) is 4.20. The van der Waals surface area contributed by atoms with E-state index >= 15 is 0 Å². The lowest BCUT2D eigenvalue weighted by Gasteiger charge is -2.14. The number of carbonyl (C=O) groups is 1. The van der Waals surface area contributed by atoms with Gasteiger partial charge in [0.15, 0.2) is 0 Å². The summed E-state index contributed by atoms with van der Waals surface area (Å²) in [6, 6.07) is 14.2. The SMILES string of the molecule is Cc1ccc(NC(=O)Cn2c(-c3ccc(Cl)cc3)nc(C)cc2=O)c(C)c1. The average molecular weight is 382 g/mol. The van der Waals surface area contributed by atoms with Gasteiger partial charge in [0.05, 0.1) is 0 Å². The van der Waals surface area contributed by atoms with Gasteiger partial charge < -0.3 is 5.32 Å². The molecule has 3 rings (SSSR count). The van der Waals surface area contributed by atoms with Crippen LogP contribution in [-0.2, 0) is 11.3 Å². The first-order valence-corrected chi connectivity index (χ1v) is 8.93. The molecule has 0 radical (unpaired) electrons. The number of hydrogen-bond donors (Lipinski definition) is 1. The topological polar surface area (TPSA) is 64.0 Å². The molecule has 0 saturated heterocycles. The molecular weight excluding hydrogens is 362 g/mol. The van der Waals surface area contributed by atoms with Crippen molar-refractivity contribution in [3.8, 4) is 11.4 Å². The number of aromatic nitrogens is 2. The fourth-order valence-corrected chi connectivity index (χ4v) is 3.01. The molecule has 1 heterocycles. The van der Waals surface area contributed by atoms with Gasteiger partial charge >= 0.3 is 0 Å². The van der Waals surface area contributed by atoms with Gasteiger partial charge in [0.25, 0.3) is 5.56 Å². The van der Waals surface area contributed by atoms with Crippen molar-refractivity contribution in [2.75, 3.05) is 5.32 Å². The predicted molar refractivity (Wildman–Crippen MR) is 108 cm³/mol. The quantitative estimate of drug-likeness (QED) is 0.739. The number of hydrogen-bond acceptors (Lipinski definition) is 3. The molecule has 0 unspecified atom stereocenters. The molecule has 1 aromatic heterocycles. The molecule has 0 atom stereocenters. The lowest BCUT2D eigenvalue weighted by atomic mass is 10.1. The van der Waals surface area contributed by atoms with Crippen LogP contribution in [0.5, 0.6) is 0 Å².